The summed E-state index contributed by atoms with van der Waals surface area (Å²) in [6.45, 7) is 0. The monoisotopic (exact) mass is 332 g/mol. The van der Waals surface area contributed by atoms with E-state index in [2.05, 4.69) is 46.3 Å². The van der Waals surface area contributed by atoms with Crippen LogP contribution >= 0.6 is 15.9 Å². The quantitative estimate of drug-likeness (QED) is 0.344. The van der Waals surface area contributed by atoms with Gasteiger partial charge in [0.2, 0.25) is 0 Å². The van der Waals surface area contributed by atoms with Gasteiger partial charge in [0.25, 0.3) is 0 Å². The molecule has 1 aliphatic carbocycles. The van der Waals surface area contributed by atoms with Gasteiger partial charge in [-0.3, -0.25) is 4.79 Å². The van der Waals surface area contributed by atoms with Crippen molar-refractivity contribution in [2.45, 2.75) is 0 Å². The highest BCUT2D eigenvalue weighted by atomic mass is 79.9. The molecule has 0 aromatic heterocycles. The summed E-state index contributed by atoms with van der Waals surface area (Å²) in [6.07, 6.45) is 0. The van der Waals surface area contributed by atoms with Crippen molar-refractivity contribution in [3.63, 3.8) is 0 Å². The van der Waals surface area contributed by atoms with Crippen molar-refractivity contribution in [1.82, 2.24) is 0 Å². The number of ketones is 1. The van der Waals surface area contributed by atoms with Gasteiger partial charge in [0.15, 0.2) is 5.78 Å². The van der Waals surface area contributed by atoms with Gasteiger partial charge in [-0.2, -0.15) is 0 Å². The minimum atomic E-state index is 0.133. The summed E-state index contributed by atoms with van der Waals surface area (Å²) >= 11 is 3.68. The van der Waals surface area contributed by atoms with E-state index in [-0.39, 0.29) is 5.78 Å². The molecule has 0 spiro atoms. The maximum absolute atomic E-state index is 12.8. The minimum absolute atomic E-state index is 0.133. The van der Waals surface area contributed by atoms with E-state index in [0.717, 1.165) is 37.1 Å². The van der Waals surface area contributed by atoms with Gasteiger partial charge in [-0.1, -0.05) is 64.5 Å². The molecule has 21 heavy (non-hydrogen) atoms. The van der Waals surface area contributed by atoms with E-state index < -0.39 is 0 Å². The molecule has 0 fully saturated rings. The summed E-state index contributed by atoms with van der Waals surface area (Å²) in [7, 11) is 0. The zero-order chi connectivity index (χ0) is 14.1. The lowest BCUT2D eigenvalue weighted by molar-refractivity contribution is 0.104. The zero-order valence-electron chi connectivity index (χ0n) is 11.0. The molecule has 0 heterocycles. The lowest BCUT2D eigenvalue weighted by Crippen LogP contribution is -2.07. The maximum Gasteiger partial charge on any atom is 0.194 e. The average molecular weight is 333 g/mol. The third-order valence-electron chi connectivity index (χ3n) is 4.42. The predicted octanol–water partition coefficient (Wildman–Crippen LogP) is 5.45. The predicted molar refractivity (Wildman–Crippen MR) is 90.1 cm³/mol. The van der Waals surface area contributed by atoms with Crippen LogP contribution in [0.25, 0.3) is 32.3 Å². The van der Waals surface area contributed by atoms with Crippen LogP contribution < -0.4 is 0 Å². The first-order chi connectivity index (χ1) is 10.3. The summed E-state index contributed by atoms with van der Waals surface area (Å²) < 4.78 is 1.08. The molecule has 4 aromatic carbocycles. The van der Waals surface area contributed by atoms with E-state index in [0.29, 0.717) is 0 Å². The highest BCUT2D eigenvalue weighted by Crippen LogP contribution is 2.43. The third-order valence-corrected chi connectivity index (χ3v) is 5.08. The van der Waals surface area contributed by atoms with Crippen molar-refractivity contribution < 1.29 is 4.79 Å². The summed E-state index contributed by atoms with van der Waals surface area (Å²) in [5.41, 5.74) is 1.63. The first kappa shape index (κ1) is 11.5. The number of carbonyl (C=O) groups excluding carboxylic acids is 1. The Hall–Kier alpha value is -2.19. The second kappa shape index (κ2) is 3.71. The van der Waals surface area contributed by atoms with Crippen LogP contribution in [0.3, 0.4) is 0 Å². The fourth-order valence-electron chi connectivity index (χ4n) is 3.55. The Kier molecular flexibility index (Phi) is 2.03. The van der Waals surface area contributed by atoms with Gasteiger partial charge in [0, 0.05) is 26.4 Å². The number of rotatable bonds is 0. The first-order valence-corrected chi connectivity index (χ1v) is 7.66. The summed E-state index contributed by atoms with van der Waals surface area (Å²) in [6, 6.07) is 18.3. The fourth-order valence-corrected chi connectivity index (χ4v) is 4.12. The highest BCUT2D eigenvalue weighted by Gasteiger charge is 2.24. The van der Waals surface area contributed by atoms with Crippen LogP contribution in [-0.2, 0) is 0 Å². The lowest BCUT2D eigenvalue weighted by Gasteiger charge is -2.19. The lowest BCUT2D eigenvalue weighted by atomic mass is 9.83. The van der Waals surface area contributed by atoms with Crippen LogP contribution in [-0.4, -0.2) is 5.78 Å². The molecule has 0 N–H and O–H groups in total. The van der Waals surface area contributed by atoms with Crippen molar-refractivity contribution in [2.75, 3.05) is 0 Å². The Bertz CT molecular complexity index is 1080. The Morgan fingerprint density at radius 1 is 0.714 bits per heavy atom. The topological polar surface area (TPSA) is 17.1 Å². The molecule has 0 atom stereocenters. The molecule has 4 aromatic rings. The third kappa shape index (κ3) is 1.29. The van der Waals surface area contributed by atoms with Gasteiger partial charge in [-0.05, 0) is 27.6 Å². The summed E-state index contributed by atoms with van der Waals surface area (Å²) in [5, 5.41) is 6.78. The Morgan fingerprint density at radius 2 is 1.38 bits per heavy atom. The second-order valence-corrected chi connectivity index (χ2v) is 6.34. The fraction of sp³-hybridized carbons (Fsp3) is 0. The number of carbonyl (C=O) groups is 1. The number of halogens is 1. The number of hydrogen-bond donors (Lipinski definition) is 0. The molecular formula is C19H9BrO. The molecule has 98 valence electrons. The smallest absolute Gasteiger partial charge is 0.194 e. The Morgan fingerprint density at radius 3 is 2.14 bits per heavy atom. The molecule has 2 heteroatoms. The van der Waals surface area contributed by atoms with Crippen molar-refractivity contribution in [1.29, 1.82) is 0 Å². The Labute approximate surface area is 129 Å². The van der Waals surface area contributed by atoms with Crippen LogP contribution in [0.15, 0.2) is 59.1 Å². The van der Waals surface area contributed by atoms with Crippen molar-refractivity contribution in [2.24, 2.45) is 0 Å². The summed E-state index contributed by atoms with van der Waals surface area (Å²) in [4.78, 5) is 12.8. The first-order valence-electron chi connectivity index (χ1n) is 6.87. The molecular weight excluding hydrogens is 324 g/mol. The molecule has 0 radical (unpaired) electrons. The largest absolute Gasteiger partial charge is 0.289 e. The minimum Gasteiger partial charge on any atom is -0.289 e. The standard InChI is InChI=1S/C19H9BrO/c20-15-9-11-4-2-6-14-17(11)18-12(15)8-7-10-3-1-5-13(16(10)18)19(14)21/h1-9H. The van der Waals surface area contributed by atoms with Gasteiger partial charge >= 0.3 is 0 Å². The van der Waals surface area contributed by atoms with Gasteiger partial charge < -0.3 is 0 Å². The van der Waals surface area contributed by atoms with Crippen LogP contribution in [0, 0.1) is 0 Å². The molecule has 0 aliphatic heterocycles. The van der Waals surface area contributed by atoms with Gasteiger partial charge in [0.05, 0.1) is 0 Å². The molecule has 0 saturated heterocycles. The van der Waals surface area contributed by atoms with Crippen molar-refractivity contribution in [3.8, 4) is 0 Å². The van der Waals surface area contributed by atoms with E-state index in [1.165, 1.54) is 10.8 Å². The van der Waals surface area contributed by atoms with Gasteiger partial charge in [-0.15, -0.1) is 0 Å². The van der Waals surface area contributed by atoms with E-state index in [1.807, 2.05) is 24.3 Å². The normalized spacial score (nSPS) is 13.1. The van der Waals surface area contributed by atoms with Crippen LogP contribution in [0.5, 0.6) is 0 Å². The average Bonchev–Trinajstić information content (AvgIpc) is 2.51. The van der Waals surface area contributed by atoms with Crippen LogP contribution in [0.2, 0.25) is 0 Å². The molecule has 0 unspecified atom stereocenters. The Balaban J connectivity index is 2.29. The maximum atomic E-state index is 12.8. The molecule has 0 amide bonds. The second-order valence-electron chi connectivity index (χ2n) is 5.48. The van der Waals surface area contributed by atoms with Crippen molar-refractivity contribution >= 4 is 54.0 Å². The highest BCUT2D eigenvalue weighted by molar-refractivity contribution is 9.10. The number of hydrogen-bond acceptors (Lipinski definition) is 1. The molecule has 5 rings (SSSR count). The molecule has 1 aliphatic rings. The molecule has 1 nitrogen and oxygen atoms in total. The van der Waals surface area contributed by atoms with E-state index >= 15 is 0 Å². The summed E-state index contributed by atoms with van der Waals surface area (Å²) in [5.74, 6) is 0.133. The van der Waals surface area contributed by atoms with Crippen LogP contribution in [0.4, 0.5) is 0 Å². The van der Waals surface area contributed by atoms with E-state index in [1.54, 1.807) is 0 Å². The zero-order valence-corrected chi connectivity index (χ0v) is 12.6. The molecule has 0 bridgehead atoms. The van der Waals surface area contributed by atoms with E-state index in [4.69, 9.17) is 0 Å². The van der Waals surface area contributed by atoms with E-state index in [9.17, 15) is 4.79 Å². The van der Waals surface area contributed by atoms with Gasteiger partial charge in [-0.25, -0.2) is 0 Å². The van der Waals surface area contributed by atoms with Crippen molar-refractivity contribution in [3.05, 3.63) is 70.2 Å². The molecule has 0 saturated carbocycles. The SMILES string of the molecule is O=C1c2cccc3ccc4c(Br)cc5cccc1c5c4c23. The van der Waals surface area contributed by atoms with Gasteiger partial charge in [0.1, 0.15) is 0 Å². The van der Waals surface area contributed by atoms with Crippen LogP contribution in [0.1, 0.15) is 15.9 Å². The number of benzene rings is 4.